The van der Waals surface area contributed by atoms with E-state index in [-0.39, 0.29) is 12.2 Å². The number of methoxy groups -OCH3 is 1. The SMILES string of the molecule is CCOC(=O)C1=C(C)N=c2s/c(=C\c3c(C)[nH]c4ccccc34)c(=O)n2C1c1ccc(OC)cc1. The van der Waals surface area contributed by atoms with Gasteiger partial charge in [-0.25, -0.2) is 9.79 Å². The van der Waals surface area contributed by atoms with Crippen LogP contribution in [0.2, 0.25) is 0 Å². The summed E-state index contributed by atoms with van der Waals surface area (Å²) < 4.78 is 12.8. The fourth-order valence-electron chi connectivity index (χ4n) is 4.51. The van der Waals surface area contributed by atoms with Gasteiger partial charge in [0.05, 0.1) is 35.6 Å². The third-order valence-electron chi connectivity index (χ3n) is 6.17. The highest BCUT2D eigenvalue weighted by Crippen LogP contribution is 2.31. The van der Waals surface area contributed by atoms with Gasteiger partial charge in [0.1, 0.15) is 5.75 Å². The van der Waals surface area contributed by atoms with Crippen molar-refractivity contribution in [3.63, 3.8) is 0 Å². The van der Waals surface area contributed by atoms with E-state index in [2.05, 4.69) is 9.98 Å². The molecule has 3 heterocycles. The van der Waals surface area contributed by atoms with Crippen LogP contribution in [0.5, 0.6) is 5.75 Å². The Morgan fingerprint density at radius 1 is 1.17 bits per heavy atom. The first kappa shape index (κ1) is 22.9. The number of aryl methyl sites for hydroxylation is 1. The molecular weight excluding hydrogens is 462 g/mol. The van der Waals surface area contributed by atoms with E-state index < -0.39 is 12.0 Å². The van der Waals surface area contributed by atoms with Crippen LogP contribution in [0, 0.1) is 6.92 Å². The number of fused-ring (bicyclic) bond motifs is 2. The first-order valence-electron chi connectivity index (χ1n) is 11.3. The topological polar surface area (TPSA) is 85.7 Å². The van der Waals surface area contributed by atoms with Crippen molar-refractivity contribution in [2.75, 3.05) is 13.7 Å². The number of benzene rings is 2. The number of thiazole rings is 1. The van der Waals surface area contributed by atoms with Gasteiger partial charge in [-0.15, -0.1) is 0 Å². The summed E-state index contributed by atoms with van der Waals surface area (Å²) in [6.07, 6.45) is 1.91. The third-order valence-corrected chi connectivity index (χ3v) is 7.15. The molecule has 1 N–H and O–H groups in total. The van der Waals surface area contributed by atoms with Crippen LogP contribution in [0.3, 0.4) is 0 Å². The van der Waals surface area contributed by atoms with Crippen molar-refractivity contribution < 1.29 is 14.3 Å². The maximum absolute atomic E-state index is 13.8. The number of esters is 1. The third kappa shape index (κ3) is 3.89. The molecule has 1 atom stereocenters. The Hall–Kier alpha value is -3.91. The fraction of sp³-hybridized carbons (Fsp3) is 0.222. The van der Waals surface area contributed by atoms with Gasteiger partial charge >= 0.3 is 5.97 Å². The van der Waals surface area contributed by atoms with Crippen LogP contribution in [0.1, 0.15) is 36.7 Å². The minimum Gasteiger partial charge on any atom is -0.497 e. The number of nitrogens with one attached hydrogen (secondary N) is 1. The number of aromatic nitrogens is 2. The second-order valence-electron chi connectivity index (χ2n) is 8.28. The molecule has 1 unspecified atom stereocenters. The highest BCUT2D eigenvalue weighted by atomic mass is 32.1. The Kier molecular flexibility index (Phi) is 5.90. The first-order valence-corrected chi connectivity index (χ1v) is 12.2. The number of rotatable bonds is 5. The molecule has 0 spiro atoms. The second kappa shape index (κ2) is 9.03. The van der Waals surface area contributed by atoms with E-state index in [4.69, 9.17) is 9.47 Å². The summed E-state index contributed by atoms with van der Waals surface area (Å²) in [5, 5.41) is 1.05. The average Bonchev–Trinajstić information content (AvgIpc) is 3.34. The monoisotopic (exact) mass is 487 g/mol. The van der Waals surface area contributed by atoms with Crippen molar-refractivity contribution in [2.45, 2.75) is 26.8 Å². The summed E-state index contributed by atoms with van der Waals surface area (Å²) >= 11 is 1.32. The quantitative estimate of drug-likeness (QED) is 0.436. The number of aromatic amines is 1. The average molecular weight is 488 g/mol. The molecule has 5 rings (SSSR count). The molecule has 0 bridgehead atoms. The Labute approximate surface area is 205 Å². The van der Waals surface area contributed by atoms with Crippen LogP contribution in [-0.2, 0) is 9.53 Å². The van der Waals surface area contributed by atoms with Crippen molar-refractivity contribution >= 4 is 34.3 Å². The van der Waals surface area contributed by atoms with E-state index in [1.54, 1.807) is 25.5 Å². The Bertz CT molecular complexity index is 1660. The van der Waals surface area contributed by atoms with E-state index >= 15 is 0 Å². The molecule has 8 heteroatoms. The zero-order valence-corrected chi connectivity index (χ0v) is 20.7. The number of carbonyl (C=O) groups excluding carboxylic acids is 1. The van der Waals surface area contributed by atoms with Gasteiger partial charge in [0.2, 0.25) is 0 Å². The van der Waals surface area contributed by atoms with Crippen LogP contribution in [-0.4, -0.2) is 29.2 Å². The number of para-hydroxylation sites is 1. The highest BCUT2D eigenvalue weighted by molar-refractivity contribution is 7.07. The molecule has 7 nitrogen and oxygen atoms in total. The largest absolute Gasteiger partial charge is 0.497 e. The van der Waals surface area contributed by atoms with Crippen LogP contribution in [0.25, 0.3) is 17.0 Å². The molecule has 2 aromatic heterocycles. The summed E-state index contributed by atoms with van der Waals surface area (Å²) in [7, 11) is 1.60. The highest BCUT2D eigenvalue weighted by Gasteiger charge is 2.33. The fourth-order valence-corrected chi connectivity index (χ4v) is 5.54. The predicted octanol–water partition coefficient (Wildman–Crippen LogP) is 3.60. The van der Waals surface area contributed by atoms with Crippen molar-refractivity contribution in [1.82, 2.24) is 9.55 Å². The second-order valence-corrected chi connectivity index (χ2v) is 9.29. The molecule has 4 aromatic rings. The van der Waals surface area contributed by atoms with Crippen LogP contribution in [0.4, 0.5) is 0 Å². The molecule has 0 aliphatic carbocycles. The Morgan fingerprint density at radius 3 is 2.63 bits per heavy atom. The first-order chi connectivity index (χ1) is 16.9. The van der Waals surface area contributed by atoms with Gasteiger partial charge in [-0.2, -0.15) is 0 Å². The van der Waals surface area contributed by atoms with Crippen molar-refractivity contribution in [2.24, 2.45) is 4.99 Å². The summed E-state index contributed by atoms with van der Waals surface area (Å²) in [4.78, 5) is 35.4. The molecule has 0 saturated heterocycles. The molecule has 1 aliphatic rings. The molecule has 0 fully saturated rings. The lowest BCUT2D eigenvalue weighted by Crippen LogP contribution is -2.39. The minimum absolute atomic E-state index is 0.200. The van der Waals surface area contributed by atoms with E-state index in [9.17, 15) is 9.59 Å². The Balaban J connectivity index is 1.75. The van der Waals surface area contributed by atoms with E-state index in [0.717, 1.165) is 27.7 Å². The van der Waals surface area contributed by atoms with Gasteiger partial charge in [-0.3, -0.25) is 9.36 Å². The number of allylic oxidation sites excluding steroid dienone is 1. The number of hydrogen-bond acceptors (Lipinski definition) is 6. The zero-order valence-electron chi connectivity index (χ0n) is 19.9. The lowest BCUT2D eigenvalue weighted by atomic mass is 9.96. The van der Waals surface area contributed by atoms with E-state index in [1.165, 1.54) is 11.3 Å². The lowest BCUT2D eigenvalue weighted by molar-refractivity contribution is -0.139. The number of nitrogens with zero attached hydrogens (tertiary/aromatic N) is 2. The maximum atomic E-state index is 13.8. The Morgan fingerprint density at radius 2 is 1.91 bits per heavy atom. The van der Waals surface area contributed by atoms with E-state index in [1.807, 2.05) is 61.5 Å². The van der Waals surface area contributed by atoms with E-state index in [0.29, 0.717) is 26.4 Å². The zero-order chi connectivity index (χ0) is 24.7. The van der Waals surface area contributed by atoms with Gasteiger partial charge in [0.25, 0.3) is 5.56 Å². The number of hydrogen-bond donors (Lipinski definition) is 1. The van der Waals surface area contributed by atoms with Gasteiger partial charge in [0.15, 0.2) is 4.80 Å². The summed E-state index contributed by atoms with van der Waals surface area (Å²) in [5.41, 5.74) is 4.44. The number of H-pyrrole nitrogens is 1. The van der Waals surface area contributed by atoms with Crippen molar-refractivity contribution in [3.05, 3.63) is 96.3 Å². The predicted molar refractivity (Wildman–Crippen MR) is 136 cm³/mol. The molecule has 2 aromatic carbocycles. The molecule has 178 valence electrons. The van der Waals surface area contributed by atoms with Crippen LogP contribution >= 0.6 is 11.3 Å². The van der Waals surface area contributed by atoms with Crippen molar-refractivity contribution in [3.8, 4) is 5.75 Å². The molecule has 35 heavy (non-hydrogen) atoms. The molecule has 0 radical (unpaired) electrons. The van der Waals surface area contributed by atoms with Crippen LogP contribution < -0.4 is 19.6 Å². The lowest BCUT2D eigenvalue weighted by Gasteiger charge is -2.24. The summed E-state index contributed by atoms with van der Waals surface area (Å²) in [6, 6.07) is 14.7. The van der Waals surface area contributed by atoms with Crippen molar-refractivity contribution in [1.29, 1.82) is 0 Å². The molecule has 1 aliphatic heterocycles. The minimum atomic E-state index is -0.651. The summed E-state index contributed by atoms with van der Waals surface area (Å²) in [6.45, 7) is 5.76. The summed E-state index contributed by atoms with van der Waals surface area (Å²) in [5.74, 6) is 0.214. The van der Waals surface area contributed by atoms with Crippen LogP contribution in [0.15, 0.2) is 69.6 Å². The molecular formula is C27H25N3O4S. The maximum Gasteiger partial charge on any atom is 0.338 e. The van der Waals surface area contributed by atoms with Gasteiger partial charge < -0.3 is 14.5 Å². The van der Waals surface area contributed by atoms with Gasteiger partial charge in [-0.1, -0.05) is 41.7 Å². The van der Waals surface area contributed by atoms with Gasteiger partial charge in [0, 0.05) is 22.2 Å². The number of ether oxygens (including phenoxy) is 2. The molecule has 0 amide bonds. The molecule has 0 saturated carbocycles. The normalized spacial score (nSPS) is 15.8. The smallest absolute Gasteiger partial charge is 0.338 e. The number of carbonyl (C=O) groups is 1. The van der Waals surface area contributed by atoms with Gasteiger partial charge in [-0.05, 0) is 50.6 Å². The standard InChI is InChI=1S/C27H25N3O4S/c1-5-34-26(32)23-16(3)29-27-30(24(23)17-10-12-18(33-4)13-11-17)25(31)22(35-27)14-20-15(2)28-21-9-7-6-8-19(20)21/h6-14,24,28H,5H2,1-4H3/b22-14-.